The maximum Gasteiger partial charge on any atom is 0.191 e. The SMILES string of the molecule is CCNC(=NCc1ccc(N(C)C)cc1C)NCCCn1cccn1.I. The molecule has 1 aromatic carbocycles. The van der Waals surface area contributed by atoms with Crippen molar-refractivity contribution in [1.29, 1.82) is 0 Å². The minimum atomic E-state index is 0. The molecule has 0 aliphatic heterocycles. The topological polar surface area (TPSA) is 57.5 Å². The second-order valence-corrected chi connectivity index (χ2v) is 6.25. The molecule has 0 radical (unpaired) electrons. The summed E-state index contributed by atoms with van der Waals surface area (Å²) in [7, 11) is 4.12. The van der Waals surface area contributed by atoms with E-state index in [0.29, 0.717) is 6.54 Å². The molecule has 0 fully saturated rings. The number of nitrogens with zero attached hydrogens (tertiary/aromatic N) is 4. The van der Waals surface area contributed by atoms with Crippen LogP contribution in [0.5, 0.6) is 0 Å². The first-order valence-corrected chi connectivity index (χ1v) is 8.86. The van der Waals surface area contributed by atoms with Crippen LogP contribution in [0.15, 0.2) is 41.7 Å². The van der Waals surface area contributed by atoms with Gasteiger partial charge in [0, 0.05) is 51.8 Å². The monoisotopic (exact) mass is 470 g/mol. The summed E-state index contributed by atoms with van der Waals surface area (Å²) >= 11 is 0. The highest BCUT2D eigenvalue weighted by Crippen LogP contribution is 2.17. The maximum absolute atomic E-state index is 4.71. The van der Waals surface area contributed by atoms with E-state index in [0.717, 1.165) is 32.0 Å². The molecule has 0 amide bonds. The van der Waals surface area contributed by atoms with Crippen LogP contribution in [-0.2, 0) is 13.1 Å². The zero-order valence-corrected chi connectivity index (χ0v) is 18.5. The molecule has 0 spiro atoms. The fourth-order valence-electron chi connectivity index (χ4n) is 2.52. The van der Waals surface area contributed by atoms with E-state index in [1.807, 2.05) is 23.1 Å². The molecule has 7 heteroatoms. The van der Waals surface area contributed by atoms with Crippen molar-refractivity contribution in [3.05, 3.63) is 47.8 Å². The third kappa shape index (κ3) is 7.23. The van der Waals surface area contributed by atoms with Gasteiger partial charge in [-0.05, 0) is 49.6 Å². The van der Waals surface area contributed by atoms with Gasteiger partial charge in [-0.2, -0.15) is 5.10 Å². The third-order valence-corrected chi connectivity index (χ3v) is 4.01. The van der Waals surface area contributed by atoms with Crippen LogP contribution in [0.25, 0.3) is 0 Å². The van der Waals surface area contributed by atoms with Crippen LogP contribution < -0.4 is 15.5 Å². The van der Waals surface area contributed by atoms with Gasteiger partial charge in [0.25, 0.3) is 0 Å². The number of halogens is 1. The van der Waals surface area contributed by atoms with Crippen molar-refractivity contribution in [2.75, 3.05) is 32.1 Å². The number of hydrogen-bond donors (Lipinski definition) is 2. The van der Waals surface area contributed by atoms with Crippen LogP contribution in [0.3, 0.4) is 0 Å². The van der Waals surface area contributed by atoms with E-state index in [-0.39, 0.29) is 24.0 Å². The highest BCUT2D eigenvalue weighted by molar-refractivity contribution is 14.0. The van der Waals surface area contributed by atoms with Crippen molar-refractivity contribution in [2.45, 2.75) is 33.4 Å². The van der Waals surface area contributed by atoms with Gasteiger partial charge in [0.1, 0.15) is 0 Å². The number of rotatable bonds is 8. The first-order valence-electron chi connectivity index (χ1n) is 8.86. The summed E-state index contributed by atoms with van der Waals surface area (Å²) in [6.07, 6.45) is 4.80. The Morgan fingerprint density at radius 3 is 2.69 bits per heavy atom. The zero-order chi connectivity index (χ0) is 18.1. The minimum Gasteiger partial charge on any atom is -0.378 e. The molecule has 26 heavy (non-hydrogen) atoms. The lowest BCUT2D eigenvalue weighted by atomic mass is 10.1. The lowest BCUT2D eigenvalue weighted by molar-refractivity contribution is 0.570. The molecule has 2 aromatic rings. The molecule has 2 rings (SSSR count). The number of anilines is 1. The fourth-order valence-corrected chi connectivity index (χ4v) is 2.52. The Morgan fingerprint density at radius 1 is 1.27 bits per heavy atom. The maximum atomic E-state index is 4.71. The van der Waals surface area contributed by atoms with Gasteiger partial charge in [0.05, 0.1) is 6.54 Å². The van der Waals surface area contributed by atoms with Crippen molar-refractivity contribution in [3.63, 3.8) is 0 Å². The minimum absolute atomic E-state index is 0. The van der Waals surface area contributed by atoms with Gasteiger partial charge in [0.15, 0.2) is 5.96 Å². The van der Waals surface area contributed by atoms with E-state index in [1.165, 1.54) is 16.8 Å². The number of benzene rings is 1. The molecule has 1 heterocycles. The van der Waals surface area contributed by atoms with Gasteiger partial charge in [-0.15, -0.1) is 24.0 Å². The highest BCUT2D eigenvalue weighted by Gasteiger charge is 2.03. The Morgan fingerprint density at radius 2 is 2.08 bits per heavy atom. The summed E-state index contributed by atoms with van der Waals surface area (Å²) in [5, 5.41) is 10.9. The third-order valence-electron chi connectivity index (χ3n) is 4.01. The first-order chi connectivity index (χ1) is 12.1. The second kappa shape index (κ2) is 11.8. The molecule has 0 aliphatic carbocycles. The Labute approximate surface area is 174 Å². The molecule has 144 valence electrons. The van der Waals surface area contributed by atoms with E-state index in [1.54, 1.807) is 0 Å². The molecular formula is C19H31IN6. The summed E-state index contributed by atoms with van der Waals surface area (Å²) in [5.74, 6) is 0.860. The van der Waals surface area contributed by atoms with Crippen molar-refractivity contribution in [3.8, 4) is 0 Å². The van der Waals surface area contributed by atoms with E-state index in [9.17, 15) is 0 Å². The van der Waals surface area contributed by atoms with E-state index in [4.69, 9.17) is 4.99 Å². The number of hydrogen-bond acceptors (Lipinski definition) is 3. The van der Waals surface area contributed by atoms with Crippen molar-refractivity contribution >= 4 is 35.6 Å². The molecule has 0 saturated heterocycles. The Balaban J connectivity index is 0.00000338. The molecular weight excluding hydrogens is 439 g/mol. The predicted molar refractivity (Wildman–Crippen MR) is 121 cm³/mol. The van der Waals surface area contributed by atoms with E-state index < -0.39 is 0 Å². The van der Waals surface area contributed by atoms with Gasteiger partial charge >= 0.3 is 0 Å². The zero-order valence-electron chi connectivity index (χ0n) is 16.2. The number of nitrogens with one attached hydrogen (secondary N) is 2. The largest absolute Gasteiger partial charge is 0.378 e. The summed E-state index contributed by atoms with van der Waals surface area (Å²) < 4.78 is 1.95. The molecule has 0 saturated carbocycles. The number of aromatic nitrogens is 2. The Bertz CT molecular complexity index is 667. The van der Waals surface area contributed by atoms with Crippen LogP contribution in [-0.4, -0.2) is 42.9 Å². The quantitative estimate of drug-likeness (QED) is 0.270. The predicted octanol–water partition coefficient (Wildman–Crippen LogP) is 3.02. The molecule has 0 unspecified atom stereocenters. The smallest absolute Gasteiger partial charge is 0.191 e. The summed E-state index contributed by atoms with van der Waals surface area (Å²) in [4.78, 5) is 6.83. The first kappa shape index (κ1) is 22.3. The molecule has 1 aromatic heterocycles. The average molecular weight is 470 g/mol. The van der Waals surface area contributed by atoms with Crippen molar-refractivity contribution in [2.24, 2.45) is 4.99 Å². The number of aryl methyl sites for hydroxylation is 2. The summed E-state index contributed by atoms with van der Waals surface area (Å²) in [6.45, 7) is 7.52. The van der Waals surface area contributed by atoms with Gasteiger partial charge in [-0.3, -0.25) is 4.68 Å². The normalized spacial score (nSPS) is 11.0. The summed E-state index contributed by atoms with van der Waals surface area (Å²) in [5.41, 5.74) is 3.73. The Hall–Kier alpha value is -1.77. The standard InChI is InChI=1S/C19H30N6.HI/c1-5-20-19(21-10-6-12-25-13-7-11-23-25)22-15-17-8-9-18(24(3)4)14-16(17)2;/h7-9,11,13-14H,5-6,10,12,15H2,1-4H3,(H2,20,21,22);1H. The van der Waals surface area contributed by atoms with Gasteiger partial charge in [0.2, 0.25) is 0 Å². The summed E-state index contributed by atoms with van der Waals surface area (Å²) in [6, 6.07) is 8.45. The fraction of sp³-hybridized carbons (Fsp3) is 0.474. The number of aliphatic imine (C=N–C) groups is 1. The molecule has 0 aliphatic rings. The van der Waals surface area contributed by atoms with E-state index in [2.05, 4.69) is 66.8 Å². The van der Waals surface area contributed by atoms with Gasteiger partial charge in [-0.25, -0.2) is 4.99 Å². The average Bonchev–Trinajstić information content (AvgIpc) is 3.10. The van der Waals surface area contributed by atoms with Crippen LogP contribution in [0.2, 0.25) is 0 Å². The second-order valence-electron chi connectivity index (χ2n) is 6.25. The van der Waals surface area contributed by atoms with E-state index >= 15 is 0 Å². The van der Waals surface area contributed by atoms with Crippen LogP contribution in [0, 0.1) is 6.92 Å². The van der Waals surface area contributed by atoms with Crippen LogP contribution in [0.4, 0.5) is 5.69 Å². The highest BCUT2D eigenvalue weighted by atomic mass is 127. The molecule has 2 N–H and O–H groups in total. The van der Waals surface area contributed by atoms with Crippen molar-refractivity contribution < 1.29 is 0 Å². The number of guanidine groups is 1. The van der Waals surface area contributed by atoms with Gasteiger partial charge in [-0.1, -0.05) is 6.07 Å². The lowest BCUT2D eigenvalue weighted by Gasteiger charge is -2.15. The lowest BCUT2D eigenvalue weighted by Crippen LogP contribution is -2.38. The molecule has 6 nitrogen and oxygen atoms in total. The van der Waals surface area contributed by atoms with Crippen LogP contribution in [0.1, 0.15) is 24.5 Å². The van der Waals surface area contributed by atoms with Gasteiger partial charge < -0.3 is 15.5 Å². The van der Waals surface area contributed by atoms with Crippen molar-refractivity contribution in [1.82, 2.24) is 20.4 Å². The van der Waals surface area contributed by atoms with Crippen LogP contribution >= 0.6 is 24.0 Å². The molecule has 0 atom stereocenters. The Kier molecular flexibility index (Phi) is 10.1. The molecule has 0 bridgehead atoms.